The first-order valence-electron chi connectivity index (χ1n) is 10.9. The number of amides is 1. The molecule has 164 valence electrons. The van der Waals surface area contributed by atoms with E-state index in [2.05, 4.69) is 39.9 Å². The first kappa shape index (κ1) is 22.6. The van der Waals surface area contributed by atoms with Crippen LogP contribution in [0.15, 0.2) is 42.2 Å². The van der Waals surface area contributed by atoms with E-state index >= 15 is 0 Å². The van der Waals surface area contributed by atoms with Crippen molar-refractivity contribution in [3.63, 3.8) is 0 Å². The molecule has 1 saturated heterocycles. The minimum absolute atomic E-state index is 0.0159. The molecule has 1 aliphatic carbocycles. The third kappa shape index (κ3) is 4.64. The number of piperidine rings is 1. The zero-order chi connectivity index (χ0) is 22.1. The molecule has 5 nitrogen and oxygen atoms in total. The summed E-state index contributed by atoms with van der Waals surface area (Å²) in [6.45, 7) is 11.6. The number of fused-ring (bicyclic) bond motifs is 1. The Morgan fingerprint density at radius 2 is 1.87 bits per heavy atom. The maximum Gasteiger partial charge on any atom is 0.328 e. The minimum Gasteiger partial charge on any atom is -0.547 e. The highest BCUT2D eigenvalue weighted by atomic mass is 28.4. The summed E-state index contributed by atoms with van der Waals surface area (Å²) in [5.41, 5.74) is 1.02. The molecule has 1 amide bonds. The van der Waals surface area contributed by atoms with Gasteiger partial charge in [0.1, 0.15) is 6.04 Å². The number of hydrogen-bond donors (Lipinski definition) is 0. The van der Waals surface area contributed by atoms with Gasteiger partial charge >= 0.3 is 5.97 Å². The van der Waals surface area contributed by atoms with Crippen molar-refractivity contribution in [1.29, 1.82) is 0 Å². The number of ether oxygens (including phenoxy) is 1. The Labute approximate surface area is 181 Å². The van der Waals surface area contributed by atoms with E-state index in [0.29, 0.717) is 13.0 Å². The summed E-state index contributed by atoms with van der Waals surface area (Å²) in [6.07, 6.45) is 4.26. The highest BCUT2D eigenvalue weighted by molar-refractivity contribution is 6.74. The fourth-order valence-electron chi connectivity index (χ4n) is 4.13. The lowest BCUT2D eigenvalue weighted by atomic mass is 9.75. The number of hydrogen-bond acceptors (Lipinski definition) is 4. The summed E-state index contributed by atoms with van der Waals surface area (Å²) in [5, 5.41) is 0.119. The molecule has 1 aromatic rings. The van der Waals surface area contributed by atoms with Gasteiger partial charge in [-0.1, -0.05) is 51.1 Å². The highest BCUT2D eigenvalue weighted by Crippen LogP contribution is 2.43. The molecule has 1 heterocycles. The Kier molecular flexibility index (Phi) is 6.46. The molecular formula is C24H35NO4Si. The molecule has 0 saturated carbocycles. The van der Waals surface area contributed by atoms with Crippen LogP contribution in [0.4, 0.5) is 0 Å². The van der Waals surface area contributed by atoms with Crippen LogP contribution >= 0.6 is 0 Å². The van der Waals surface area contributed by atoms with E-state index in [4.69, 9.17) is 9.16 Å². The Morgan fingerprint density at radius 3 is 2.47 bits per heavy atom. The van der Waals surface area contributed by atoms with Crippen molar-refractivity contribution in [2.45, 2.75) is 70.8 Å². The smallest absolute Gasteiger partial charge is 0.328 e. The number of esters is 1. The number of methoxy groups -OCH3 is 1. The molecule has 6 heteroatoms. The Morgan fingerprint density at radius 1 is 1.20 bits per heavy atom. The standard InChI is InChI=1S/C24H35NO4Si/c1-24(2,3)30(5,6)29-19-12-13-20-18(14-19)15-21(23(27)28-4)25(22(20)26)16-17-10-8-7-9-11-17/h7-11,14,18,20-21H,12-13,15-16H2,1-6H3/t18-,20-,21+/m1/s1. The topological polar surface area (TPSA) is 55.8 Å². The number of carbonyl (C=O) groups is 2. The van der Waals surface area contributed by atoms with Gasteiger partial charge < -0.3 is 14.1 Å². The van der Waals surface area contributed by atoms with Gasteiger partial charge in [0, 0.05) is 18.9 Å². The third-order valence-corrected chi connectivity index (χ3v) is 11.3. The average Bonchev–Trinajstić information content (AvgIpc) is 2.69. The second kappa shape index (κ2) is 8.58. The molecule has 1 fully saturated rings. The monoisotopic (exact) mass is 429 g/mol. The molecule has 3 atom stereocenters. The first-order chi connectivity index (χ1) is 14.0. The molecule has 0 bridgehead atoms. The molecule has 0 aromatic heterocycles. The predicted octanol–water partition coefficient (Wildman–Crippen LogP) is 4.89. The second-order valence-electron chi connectivity index (χ2n) is 10.0. The van der Waals surface area contributed by atoms with Gasteiger partial charge in [-0.25, -0.2) is 4.79 Å². The normalized spacial score (nSPS) is 24.7. The number of allylic oxidation sites excluding steroid dienone is 2. The van der Waals surface area contributed by atoms with Crippen molar-refractivity contribution < 1.29 is 18.8 Å². The van der Waals surface area contributed by atoms with Crippen LogP contribution in [0, 0.1) is 11.8 Å². The maximum atomic E-state index is 13.4. The van der Waals surface area contributed by atoms with E-state index in [0.717, 1.165) is 24.2 Å². The van der Waals surface area contributed by atoms with Crippen molar-refractivity contribution in [2.75, 3.05) is 7.11 Å². The van der Waals surface area contributed by atoms with Gasteiger partial charge in [0.25, 0.3) is 0 Å². The van der Waals surface area contributed by atoms with Crippen molar-refractivity contribution in [2.24, 2.45) is 11.8 Å². The summed E-state index contributed by atoms with van der Waals surface area (Å²) in [6, 6.07) is 9.26. The van der Waals surface area contributed by atoms with Crippen LogP contribution in [0.25, 0.3) is 0 Å². The van der Waals surface area contributed by atoms with E-state index in [1.165, 1.54) is 7.11 Å². The van der Waals surface area contributed by atoms with Gasteiger partial charge in [0.15, 0.2) is 0 Å². The second-order valence-corrected chi connectivity index (χ2v) is 14.8. The summed E-state index contributed by atoms with van der Waals surface area (Å²) >= 11 is 0. The number of benzene rings is 1. The van der Waals surface area contributed by atoms with Crippen molar-refractivity contribution in [3.8, 4) is 0 Å². The summed E-state index contributed by atoms with van der Waals surface area (Å²) in [7, 11) is -0.540. The quantitative estimate of drug-likeness (QED) is 0.494. The molecule has 0 spiro atoms. The lowest BCUT2D eigenvalue weighted by Gasteiger charge is -2.44. The van der Waals surface area contributed by atoms with Gasteiger partial charge in [-0.2, -0.15) is 0 Å². The van der Waals surface area contributed by atoms with Gasteiger partial charge in [-0.3, -0.25) is 4.79 Å². The van der Waals surface area contributed by atoms with E-state index in [1.54, 1.807) is 4.90 Å². The average molecular weight is 430 g/mol. The molecule has 30 heavy (non-hydrogen) atoms. The van der Waals surface area contributed by atoms with Crippen LogP contribution < -0.4 is 0 Å². The summed E-state index contributed by atoms with van der Waals surface area (Å²) in [4.78, 5) is 27.7. The van der Waals surface area contributed by atoms with Crippen molar-refractivity contribution in [1.82, 2.24) is 4.90 Å². The Bertz CT molecular complexity index is 812. The Balaban J connectivity index is 1.83. The van der Waals surface area contributed by atoms with E-state index in [1.807, 2.05) is 30.3 Å². The van der Waals surface area contributed by atoms with E-state index in [9.17, 15) is 9.59 Å². The van der Waals surface area contributed by atoms with Crippen LogP contribution in [-0.4, -0.2) is 38.2 Å². The zero-order valence-electron chi connectivity index (χ0n) is 19.1. The van der Waals surface area contributed by atoms with Crippen LogP contribution in [0.3, 0.4) is 0 Å². The van der Waals surface area contributed by atoms with Gasteiger partial charge in [0.05, 0.1) is 12.9 Å². The van der Waals surface area contributed by atoms with Crippen LogP contribution in [0.2, 0.25) is 18.1 Å². The van der Waals surface area contributed by atoms with Crippen LogP contribution in [-0.2, 0) is 25.3 Å². The summed E-state index contributed by atoms with van der Waals surface area (Å²) in [5.74, 6) is 0.621. The van der Waals surface area contributed by atoms with Crippen molar-refractivity contribution in [3.05, 3.63) is 47.7 Å². The molecule has 2 aliphatic rings. The molecule has 1 aromatic carbocycles. The van der Waals surface area contributed by atoms with E-state index < -0.39 is 14.4 Å². The summed E-state index contributed by atoms with van der Waals surface area (Å²) < 4.78 is 11.6. The fourth-order valence-corrected chi connectivity index (χ4v) is 5.27. The first-order valence-corrected chi connectivity index (χ1v) is 13.8. The molecule has 0 N–H and O–H groups in total. The lowest BCUT2D eigenvalue weighted by molar-refractivity contribution is -0.161. The minimum atomic E-state index is -1.93. The van der Waals surface area contributed by atoms with Crippen LogP contribution in [0.1, 0.15) is 45.6 Å². The molecule has 1 aliphatic heterocycles. The SMILES string of the molecule is COC(=O)[C@@H]1C[C@H]2C=C(O[Si](C)(C)C(C)(C)C)CC[C@H]2C(=O)N1Cc1ccccc1. The van der Waals surface area contributed by atoms with Gasteiger partial charge in [0.2, 0.25) is 14.2 Å². The maximum absolute atomic E-state index is 13.4. The molecule has 0 radical (unpaired) electrons. The third-order valence-electron chi connectivity index (χ3n) is 6.95. The zero-order valence-corrected chi connectivity index (χ0v) is 20.1. The lowest BCUT2D eigenvalue weighted by Crippen LogP contribution is -2.55. The fraction of sp³-hybridized carbons (Fsp3) is 0.583. The van der Waals surface area contributed by atoms with Crippen molar-refractivity contribution >= 4 is 20.2 Å². The number of nitrogens with zero attached hydrogens (tertiary/aromatic N) is 1. The molecular weight excluding hydrogens is 394 g/mol. The number of rotatable bonds is 5. The predicted molar refractivity (Wildman–Crippen MR) is 120 cm³/mol. The highest BCUT2D eigenvalue weighted by Gasteiger charge is 2.47. The molecule has 0 unspecified atom stereocenters. The molecule has 3 rings (SSSR count). The van der Waals surface area contributed by atoms with Gasteiger partial charge in [-0.15, -0.1) is 0 Å². The number of likely N-dealkylation sites (tertiary alicyclic amines) is 1. The van der Waals surface area contributed by atoms with Gasteiger partial charge in [-0.05, 0) is 48.5 Å². The van der Waals surface area contributed by atoms with Crippen LogP contribution in [0.5, 0.6) is 0 Å². The Hall–Kier alpha value is -2.08. The van der Waals surface area contributed by atoms with E-state index in [-0.39, 0.29) is 28.8 Å². The number of carbonyl (C=O) groups excluding carboxylic acids is 2. The largest absolute Gasteiger partial charge is 0.547 e.